The molecule has 0 amide bonds. The maximum atomic E-state index is 11.4. The topological polar surface area (TPSA) is 71.5 Å². The molecule has 0 spiro atoms. The van der Waals surface area contributed by atoms with Crippen LogP contribution in [-0.2, 0) is 4.74 Å². The van der Waals surface area contributed by atoms with Gasteiger partial charge in [0.1, 0.15) is 5.82 Å². The summed E-state index contributed by atoms with van der Waals surface area (Å²) in [6, 6.07) is 3.42. The van der Waals surface area contributed by atoms with E-state index in [1.807, 2.05) is 0 Å². The first kappa shape index (κ1) is 13.8. The number of carbonyl (C=O) groups is 1. The molecule has 1 aliphatic carbocycles. The van der Waals surface area contributed by atoms with Crippen molar-refractivity contribution in [2.24, 2.45) is 0 Å². The highest BCUT2D eigenvalue weighted by molar-refractivity contribution is 5.90. The van der Waals surface area contributed by atoms with Crippen LogP contribution in [0.3, 0.4) is 0 Å². The number of pyridine rings is 1. The highest BCUT2D eigenvalue weighted by Gasteiger charge is 2.30. The number of esters is 1. The lowest BCUT2D eigenvalue weighted by molar-refractivity contribution is 0.0595. The Morgan fingerprint density at radius 1 is 1.47 bits per heavy atom. The first-order valence-corrected chi connectivity index (χ1v) is 6.56. The minimum Gasteiger partial charge on any atom is -0.465 e. The maximum Gasteiger partial charge on any atom is 0.339 e. The van der Waals surface area contributed by atoms with Crippen LogP contribution in [0.1, 0.15) is 41.7 Å². The number of aryl methyl sites for hydroxylation is 1. The molecule has 1 aromatic heterocycles. The second kappa shape index (κ2) is 5.57. The average Bonchev–Trinajstić information content (AvgIpc) is 2.83. The molecule has 0 aromatic carbocycles. The number of nitrogens with one attached hydrogen (secondary N) is 1. The molecular weight excluding hydrogens is 244 g/mol. The molecule has 1 aliphatic rings. The monoisotopic (exact) mass is 264 g/mol. The zero-order valence-corrected chi connectivity index (χ0v) is 11.4. The van der Waals surface area contributed by atoms with Crippen LogP contribution >= 0.6 is 0 Å². The Labute approximate surface area is 113 Å². The number of nitrogens with zero attached hydrogens (tertiary/aromatic N) is 1. The largest absolute Gasteiger partial charge is 0.465 e. The lowest BCUT2D eigenvalue weighted by Crippen LogP contribution is -2.33. The van der Waals surface area contributed by atoms with Gasteiger partial charge in [0.05, 0.1) is 24.0 Å². The molecule has 1 aromatic rings. The van der Waals surface area contributed by atoms with Crippen molar-refractivity contribution < 1.29 is 14.6 Å². The van der Waals surface area contributed by atoms with Gasteiger partial charge in [0, 0.05) is 6.54 Å². The van der Waals surface area contributed by atoms with Crippen LogP contribution < -0.4 is 5.32 Å². The summed E-state index contributed by atoms with van der Waals surface area (Å²) in [7, 11) is 1.35. The second-order valence-corrected chi connectivity index (χ2v) is 5.11. The summed E-state index contributed by atoms with van der Waals surface area (Å²) in [5.74, 6) is 0.288. The Morgan fingerprint density at radius 3 is 2.74 bits per heavy atom. The molecule has 0 bridgehead atoms. The summed E-state index contributed by atoms with van der Waals surface area (Å²) in [5, 5.41) is 13.4. The molecule has 0 saturated heterocycles. The first-order chi connectivity index (χ1) is 9.04. The summed E-state index contributed by atoms with van der Waals surface area (Å²) < 4.78 is 4.67. The van der Waals surface area contributed by atoms with E-state index < -0.39 is 5.60 Å². The third-order valence-electron chi connectivity index (χ3n) is 3.62. The van der Waals surface area contributed by atoms with Gasteiger partial charge in [-0.05, 0) is 31.9 Å². The minimum absolute atomic E-state index is 0.383. The molecule has 1 saturated carbocycles. The van der Waals surface area contributed by atoms with E-state index in [4.69, 9.17) is 0 Å². The molecule has 0 atom stereocenters. The van der Waals surface area contributed by atoms with Gasteiger partial charge < -0.3 is 15.2 Å². The van der Waals surface area contributed by atoms with E-state index in [9.17, 15) is 9.90 Å². The lowest BCUT2D eigenvalue weighted by Gasteiger charge is -2.22. The van der Waals surface area contributed by atoms with Gasteiger partial charge in [-0.15, -0.1) is 0 Å². The van der Waals surface area contributed by atoms with Gasteiger partial charge in [-0.3, -0.25) is 0 Å². The predicted molar refractivity (Wildman–Crippen MR) is 72.2 cm³/mol. The van der Waals surface area contributed by atoms with Crippen molar-refractivity contribution in [3.8, 4) is 0 Å². The quantitative estimate of drug-likeness (QED) is 0.813. The van der Waals surface area contributed by atoms with Gasteiger partial charge in [0.25, 0.3) is 0 Å². The number of methoxy groups -OCH3 is 1. The van der Waals surface area contributed by atoms with Gasteiger partial charge in [-0.1, -0.05) is 12.8 Å². The van der Waals surface area contributed by atoms with Gasteiger partial charge >= 0.3 is 5.97 Å². The first-order valence-electron chi connectivity index (χ1n) is 6.56. The van der Waals surface area contributed by atoms with Gasteiger partial charge in [-0.2, -0.15) is 0 Å². The fourth-order valence-electron chi connectivity index (χ4n) is 2.45. The van der Waals surface area contributed by atoms with Gasteiger partial charge in [0.15, 0.2) is 0 Å². The van der Waals surface area contributed by atoms with Crippen molar-refractivity contribution in [1.82, 2.24) is 4.98 Å². The zero-order valence-electron chi connectivity index (χ0n) is 11.4. The summed E-state index contributed by atoms with van der Waals surface area (Å²) in [5.41, 5.74) is 0.472. The number of hydrogen-bond donors (Lipinski definition) is 2. The predicted octanol–water partition coefficient (Wildman–Crippen LogP) is 1.89. The van der Waals surface area contributed by atoms with Crippen LogP contribution in [-0.4, -0.2) is 35.3 Å². The average molecular weight is 264 g/mol. The van der Waals surface area contributed by atoms with Crippen LogP contribution in [0.25, 0.3) is 0 Å². The molecule has 104 valence electrons. The Hall–Kier alpha value is -1.62. The molecular formula is C14H20N2O3. The van der Waals surface area contributed by atoms with Crippen molar-refractivity contribution in [2.45, 2.75) is 38.2 Å². The van der Waals surface area contributed by atoms with Crippen molar-refractivity contribution in [1.29, 1.82) is 0 Å². The molecule has 2 rings (SSSR count). The van der Waals surface area contributed by atoms with E-state index >= 15 is 0 Å². The molecule has 1 fully saturated rings. The van der Waals surface area contributed by atoms with Crippen molar-refractivity contribution in [3.05, 3.63) is 23.4 Å². The van der Waals surface area contributed by atoms with E-state index in [1.165, 1.54) is 7.11 Å². The number of aromatic nitrogens is 1. The van der Waals surface area contributed by atoms with Gasteiger partial charge in [-0.25, -0.2) is 9.78 Å². The normalized spacial score (nSPS) is 17.2. The summed E-state index contributed by atoms with van der Waals surface area (Å²) in [4.78, 5) is 15.8. The summed E-state index contributed by atoms with van der Waals surface area (Å²) >= 11 is 0. The molecule has 0 unspecified atom stereocenters. The number of hydrogen-bond acceptors (Lipinski definition) is 5. The highest BCUT2D eigenvalue weighted by Crippen LogP contribution is 2.29. The highest BCUT2D eigenvalue weighted by atomic mass is 16.5. The van der Waals surface area contributed by atoms with Crippen LogP contribution in [0.15, 0.2) is 12.1 Å². The Balaban J connectivity index is 2.02. The number of ether oxygens (including phenoxy) is 1. The van der Waals surface area contributed by atoms with E-state index in [0.717, 1.165) is 25.7 Å². The number of aliphatic hydroxyl groups is 1. The maximum absolute atomic E-state index is 11.4. The number of carbonyl (C=O) groups excluding carboxylic acids is 1. The zero-order chi connectivity index (χ0) is 13.9. The molecule has 1 heterocycles. The van der Waals surface area contributed by atoms with Crippen molar-refractivity contribution in [3.63, 3.8) is 0 Å². The van der Waals surface area contributed by atoms with Crippen LogP contribution in [0.2, 0.25) is 0 Å². The van der Waals surface area contributed by atoms with Crippen LogP contribution in [0.4, 0.5) is 5.82 Å². The van der Waals surface area contributed by atoms with Crippen LogP contribution in [0.5, 0.6) is 0 Å². The lowest BCUT2D eigenvalue weighted by atomic mass is 10.0. The van der Waals surface area contributed by atoms with E-state index in [-0.39, 0.29) is 5.97 Å². The third kappa shape index (κ3) is 3.23. The Morgan fingerprint density at radius 2 is 2.16 bits per heavy atom. The molecule has 19 heavy (non-hydrogen) atoms. The third-order valence-corrected chi connectivity index (χ3v) is 3.62. The summed E-state index contributed by atoms with van der Waals surface area (Å²) in [6.07, 6.45) is 3.82. The standard InChI is InChI=1S/C14H20N2O3/c1-10-11(13(17)19-2)5-6-12(16-10)15-9-14(18)7-3-4-8-14/h5-6,18H,3-4,7-9H2,1-2H3,(H,15,16). The van der Waals surface area contributed by atoms with E-state index in [1.54, 1.807) is 19.1 Å². The SMILES string of the molecule is COC(=O)c1ccc(NCC2(O)CCCC2)nc1C. The van der Waals surface area contributed by atoms with Gasteiger partial charge in [0.2, 0.25) is 0 Å². The molecule has 2 N–H and O–H groups in total. The second-order valence-electron chi connectivity index (χ2n) is 5.11. The Bertz CT molecular complexity index is 468. The van der Waals surface area contributed by atoms with Crippen molar-refractivity contribution in [2.75, 3.05) is 19.0 Å². The molecule has 0 aliphatic heterocycles. The van der Waals surface area contributed by atoms with E-state index in [0.29, 0.717) is 23.6 Å². The number of rotatable bonds is 4. The van der Waals surface area contributed by atoms with Crippen LogP contribution in [0, 0.1) is 6.92 Å². The number of anilines is 1. The smallest absolute Gasteiger partial charge is 0.339 e. The molecule has 5 nitrogen and oxygen atoms in total. The van der Waals surface area contributed by atoms with E-state index in [2.05, 4.69) is 15.0 Å². The fraction of sp³-hybridized carbons (Fsp3) is 0.571. The Kier molecular flexibility index (Phi) is 4.04. The summed E-state index contributed by atoms with van der Waals surface area (Å²) in [6.45, 7) is 2.26. The minimum atomic E-state index is -0.614. The van der Waals surface area contributed by atoms with Crippen molar-refractivity contribution >= 4 is 11.8 Å². The molecule has 0 radical (unpaired) electrons. The molecule has 5 heteroatoms. The fourth-order valence-corrected chi connectivity index (χ4v) is 2.45.